The SMILES string of the molecule is CC(C)=C/C(C)=C(C)/C=C1\C(=O)Nc2ccc(F)cc21.O=CNCC(O)C(=O)O. The monoisotopic (exact) mass is 404 g/mol. The van der Waals surface area contributed by atoms with Gasteiger partial charge in [-0.05, 0) is 63.1 Å². The van der Waals surface area contributed by atoms with Crippen LogP contribution in [0.3, 0.4) is 0 Å². The summed E-state index contributed by atoms with van der Waals surface area (Å²) in [7, 11) is 0. The highest BCUT2D eigenvalue weighted by molar-refractivity contribution is 6.31. The maximum atomic E-state index is 13.3. The summed E-state index contributed by atoms with van der Waals surface area (Å²) in [5.41, 5.74) is 5.08. The number of benzene rings is 1. The predicted octanol–water partition coefficient (Wildman–Crippen LogP) is 2.64. The average Bonchev–Trinajstić information content (AvgIpc) is 2.94. The fourth-order valence-corrected chi connectivity index (χ4v) is 2.43. The van der Waals surface area contributed by atoms with Crippen LogP contribution in [-0.2, 0) is 14.4 Å². The molecule has 7 nitrogen and oxygen atoms in total. The number of amides is 2. The van der Waals surface area contributed by atoms with Gasteiger partial charge in [-0.1, -0.05) is 11.6 Å². The average molecular weight is 404 g/mol. The quantitative estimate of drug-likeness (QED) is 0.330. The molecule has 1 aliphatic heterocycles. The highest BCUT2D eigenvalue weighted by Gasteiger charge is 2.24. The van der Waals surface area contributed by atoms with Crippen LogP contribution in [0.1, 0.15) is 33.3 Å². The molecule has 0 saturated heterocycles. The molecule has 0 bridgehead atoms. The molecule has 2 rings (SSSR count). The smallest absolute Gasteiger partial charge is 0.334 e. The molecule has 156 valence electrons. The maximum Gasteiger partial charge on any atom is 0.334 e. The van der Waals surface area contributed by atoms with Crippen molar-refractivity contribution in [2.24, 2.45) is 0 Å². The van der Waals surface area contributed by atoms with E-state index in [0.29, 0.717) is 23.2 Å². The number of carboxylic acids is 1. The number of hydrogen-bond donors (Lipinski definition) is 4. The molecule has 1 aromatic carbocycles. The van der Waals surface area contributed by atoms with Gasteiger partial charge in [0.1, 0.15) is 5.82 Å². The van der Waals surface area contributed by atoms with Gasteiger partial charge in [0, 0.05) is 16.8 Å². The molecule has 1 aliphatic rings. The van der Waals surface area contributed by atoms with Crippen molar-refractivity contribution >= 4 is 29.5 Å². The summed E-state index contributed by atoms with van der Waals surface area (Å²) in [4.78, 5) is 31.3. The number of aliphatic carboxylic acids is 1. The Kier molecular flexibility index (Phi) is 8.95. The number of nitrogens with one attached hydrogen (secondary N) is 2. The molecule has 0 spiro atoms. The molecule has 2 amide bonds. The fourth-order valence-electron chi connectivity index (χ4n) is 2.43. The molecule has 0 aromatic heterocycles. The first-order chi connectivity index (χ1) is 13.6. The number of halogens is 1. The molecule has 8 heteroatoms. The normalized spacial score (nSPS) is 15.2. The standard InChI is InChI=1S/C17H18FNO.C4H7NO4/c1-10(2)7-11(3)12(4)8-15-14-9-13(18)5-6-16(14)19-17(15)20;6-2-5-1-3(7)4(8)9/h5-9H,1-4H3,(H,19,20);2-3,7H,1H2,(H,5,6)(H,8,9)/b12-11+,15-8-;. The number of aliphatic hydroxyl groups excluding tert-OH is 1. The molecule has 4 N–H and O–H groups in total. The number of carbonyl (C=O) groups excluding carboxylic acids is 2. The highest BCUT2D eigenvalue weighted by atomic mass is 19.1. The van der Waals surface area contributed by atoms with Crippen molar-refractivity contribution in [1.29, 1.82) is 0 Å². The summed E-state index contributed by atoms with van der Waals surface area (Å²) in [6.45, 7) is 7.75. The van der Waals surface area contributed by atoms with Gasteiger partial charge in [0.15, 0.2) is 6.10 Å². The number of carboxylic acid groups (broad SMARTS) is 1. The van der Waals surface area contributed by atoms with Gasteiger partial charge in [0.25, 0.3) is 5.91 Å². The van der Waals surface area contributed by atoms with Crippen molar-refractivity contribution in [3.63, 3.8) is 0 Å². The number of carbonyl (C=O) groups is 3. The number of fused-ring (bicyclic) bond motifs is 1. The van der Waals surface area contributed by atoms with Crippen LogP contribution in [0.15, 0.2) is 47.1 Å². The van der Waals surface area contributed by atoms with Gasteiger partial charge >= 0.3 is 5.97 Å². The molecule has 1 unspecified atom stereocenters. The van der Waals surface area contributed by atoms with Gasteiger partial charge in [-0.2, -0.15) is 0 Å². The number of aliphatic hydroxyl groups is 1. The second-order valence-corrected chi connectivity index (χ2v) is 6.67. The Morgan fingerprint density at radius 2 is 1.90 bits per heavy atom. The lowest BCUT2D eigenvalue weighted by molar-refractivity contribution is -0.146. The largest absolute Gasteiger partial charge is 0.479 e. The minimum atomic E-state index is -1.50. The maximum absolute atomic E-state index is 13.3. The van der Waals surface area contributed by atoms with E-state index in [1.54, 1.807) is 6.07 Å². The molecule has 0 fully saturated rings. The van der Waals surface area contributed by atoms with E-state index >= 15 is 0 Å². The van der Waals surface area contributed by atoms with E-state index in [0.717, 1.165) is 11.1 Å². The van der Waals surface area contributed by atoms with E-state index in [1.807, 2.05) is 39.1 Å². The van der Waals surface area contributed by atoms with Crippen LogP contribution in [0.4, 0.5) is 10.1 Å². The first-order valence-corrected chi connectivity index (χ1v) is 8.80. The summed E-state index contributed by atoms with van der Waals surface area (Å²) in [6.07, 6.45) is 2.70. The summed E-state index contributed by atoms with van der Waals surface area (Å²) < 4.78 is 13.3. The van der Waals surface area contributed by atoms with Gasteiger partial charge in [-0.25, -0.2) is 9.18 Å². The topological polar surface area (TPSA) is 116 Å². The van der Waals surface area contributed by atoms with Crippen molar-refractivity contribution in [3.8, 4) is 0 Å². The van der Waals surface area contributed by atoms with Crippen molar-refractivity contribution in [2.45, 2.75) is 33.8 Å². The Balaban J connectivity index is 0.000000396. The van der Waals surface area contributed by atoms with Crippen LogP contribution in [0.25, 0.3) is 5.57 Å². The molecule has 29 heavy (non-hydrogen) atoms. The van der Waals surface area contributed by atoms with Gasteiger partial charge < -0.3 is 20.8 Å². The lowest BCUT2D eigenvalue weighted by Crippen LogP contribution is -2.32. The zero-order valence-corrected chi connectivity index (χ0v) is 16.7. The van der Waals surface area contributed by atoms with Crippen LogP contribution in [0.2, 0.25) is 0 Å². The van der Waals surface area contributed by atoms with E-state index in [1.165, 1.54) is 17.7 Å². The van der Waals surface area contributed by atoms with Crippen LogP contribution in [0.5, 0.6) is 0 Å². The number of rotatable bonds is 6. The minimum absolute atomic E-state index is 0.185. The van der Waals surface area contributed by atoms with Crippen LogP contribution < -0.4 is 10.6 Å². The van der Waals surface area contributed by atoms with E-state index in [2.05, 4.69) is 11.4 Å². The van der Waals surface area contributed by atoms with E-state index < -0.39 is 12.1 Å². The lowest BCUT2D eigenvalue weighted by Gasteiger charge is -2.02. The Morgan fingerprint density at radius 3 is 2.45 bits per heavy atom. The summed E-state index contributed by atoms with van der Waals surface area (Å²) in [6, 6.07) is 4.33. The van der Waals surface area contributed by atoms with Gasteiger partial charge in [0.05, 0.1) is 6.54 Å². The zero-order chi connectivity index (χ0) is 22.1. The molecule has 1 heterocycles. The Hall–Kier alpha value is -3.26. The first-order valence-electron chi connectivity index (χ1n) is 8.80. The van der Waals surface area contributed by atoms with Crippen LogP contribution >= 0.6 is 0 Å². The highest BCUT2D eigenvalue weighted by Crippen LogP contribution is 2.33. The number of anilines is 1. The fraction of sp³-hybridized carbons (Fsp3) is 0.286. The third-order valence-corrected chi connectivity index (χ3v) is 3.93. The number of allylic oxidation sites excluding steroid dienone is 5. The van der Waals surface area contributed by atoms with E-state index in [-0.39, 0.29) is 18.3 Å². The van der Waals surface area contributed by atoms with Gasteiger partial charge in [0.2, 0.25) is 6.41 Å². The second-order valence-electron chi connectivity index (χ2n) is 6.67. The molecule has 1 atom stereocenters. The first kappa shape index (κ1) is 23.8. The Morgan fingerprint density at radius 1 is 1.24 bits per heavy atom. The van der Waals surface area contributed by atoms with Crippen molar-refractivity contribution in [2.75, 3.05) is 11.9 Å². The Labute approximate surface area is 168 Å². The summed E-state index contributed by atoms with van der Waals surface area (Å²) in [5.74, 6) is -1.87. The summed E-state index contributed by atoms with van der Waals surface area (Å²) >= 11 is 0. The molecular formula is C21H25FN2O5. The molecule has 0 saturated carbocycles. The third kappa shape index (κ3) is 7.34. The van der Waals surface area contributed by atoms with E-state index in [4.69, 9.17) is 10.2 Å². The third-order valence-electron chi connectivity index (χ3n) is 3.93. The molecule has 1 aromatic rings. The molecular weight excluding hydrogens is 379 g/mol. The van der Waals surface area contributed by atoms with Gasteiger partial charge in [-0.3, -0.25) is 9.59 Å². The summed E-state index contributed by atoms with van der Waals surface area (Å²) in [5, 5.41) is 21.2. The van der Waals surface area contributed by atoms with Crippen LogP contribution in [0, 0.1) is 5.82 Å². The van der Waals surface area contributed by atoms with Crippen molar-refractivity contribution in [1.82, 2.24) is 5.32 Å². The van der Waals surface area contributed by atoms with Gasteiger partial charge in [-0.15, -0.1) is 0 Å². The molecule has 0 aliphatic carbocycles. The minimum Gasteiger partial charge on any atom is -0.479 e. The van der Waals surface area contributed by atoms with Crippen LogP contribution in [-0.4, -0.2) is 41.1 Å². The molecule has 0 radical (unpaired) electrons. The predicted molar refractivity (Wildman–Crippen MR) is 109 cm³/mol. The van der Waals surface area contributed by atoms with Crippen molar-refractivity contribution in [3.05, 3.63) is 58.5 Å². The number of hydrogen-bond acceptors (Lipinski definition) is 4. The second kappa shape index (κ2) is 10.9. The Bertz CT molecular complexity index is 883. The van der Waals surface area contributed by atoms with Crippen molar-refractivity contribution < 1.29 is 29.0 Å². The van der Waals surface area contributed by atoms with E-state index in [9.17, 15) is 18.8 Å². The zero-order valence-electron chi connectivity index (χ0n) is 16.7. The lowest BCUT2D eigenvalue weighted by atomic mass is 10.0.